The van der Waals surface area contributed by atoms with Crippen LogP contribution in [0.2, 0.25) is 0 Å². The van der Waals surface area contributed by atoms with E-state index in [0.717, 1.165) is 11.1 Å². The highest BCUT2D eigenvalue weighted by molar-refractivity contribution is 5.97. The summed E-state index contributed by atoms with van der Waals surface area (Å²) in [5, 5.41) is 4.58. The second-order valence-electron chi connectivity index (χ2n) is 7.58. The molecule has 0 spiro atoms. The number of fused-ring (bicyclic) bond motifs is 3. The number of aromatic nitrogens is 5. The maximum absolute atomic E-state index is 12.8. The van der Waals surface area contributed by atoms with E-state index in [2.05, 4.69) is 15.1 Å². The van der Waals surface area contributed by atoms with Gasteiger partial charge in [-0.2, -0.15) is 0 Å². The van der Waals surface area contributed by atoms with E-state index in [1.807, 2.05) is 30.3 Å². The minimum atomic E-state index is -0.475. The van der Waals surface area contributed by atoms with Crippen molar-refractivity contribution in [2.24, 2.45) is 0 Å². The fourth-order valence-electron chi connectivity index (χ4n) is 4.18. The molecule has 1 aromatic carbocycles. The number of ketones is 1. The zero-order chi connectivity index (χ0) is 23.1. The zero-order valence-corrected chi connectivity index (χ0v) is 18.6. The molecular weight excluding hydrogens is 422 g/mol. The van der Waals surface area contributed by atoms with E-state index < -0.39 is 5.92 Å². The summed E-state index contributed by atoms with van der Waals surface area (Å²) in [6, 6.07) is 9.25. The highest BCUT2D eigenvalue weighted by atomic mass is 16.5. The molecule has 4 heterocycles. The van der Waals surface area contributed by atoms with Crippen molar-refractivity contribution < 1.29 is 19.0 Å². The Hall–Kier alpha value is -4.27. The first-order valence-electron chi connectivity index (χ1n) is 10.3. The van der Waals surface area contributed by atoms with Crippen LogP contribution in [0.1, 0.15) is 30.9 Å². The van der Waals surface area contributed by atoms with Gasteiger partial charge in [0.05, 0.1) is 25.7 Å². The van der Waals surface area contributed by atoms with Crippen LogP contribution >= 0.6 is 0 Å². The van der Waals surface area contributed by atoms with Crippen molar-refractivity contribution in [3.63, 3.8) is 0 Å². The molecule has 0 bridgehead atoms. The molecule has 0 fully saturated rings. The van der Waals surface area contributed by atoms with Gasteiger partial charge in [0.25, 0.3) is 0 Å². The number of carbonyl (C=O) groups excluding carboxylic acids is 1. The first kappa shape index (κ1) is 20.6. The van der Waals surface area contributed by atoms with Gasteiger partial charge in [-0.1, -0.05) is 6.07 Å². The molecule has 0 saturated carbocycles. The van der Waals surface area contributed by atoms with E-state index >= 15 is 0 Å². The van der Waals surface area contributed by atoms with Crippen LogP contribution in [0.25, 0.3) is 17.0 Å². The van der Waals surface area contributed by atoms with Crippen molar-refractivity contribution >= 4 is 11.4 Å². The average Bonchev–Trinajstić information content (AvgIpc) is 3.27. The number of Topliss-reactive ketones (excluding diaryl/α,β-unsaturated/α-hetero) is 1. The molecule has 1 aliphatic rings. The molecule has 0 N–H and O–H groups in total. The highest BCUT2D eigenvalue weighted by Crippen LogP contribution is 2.45. The van der Waals surface area contributed by atoms with Crippen LogP contribution < -0.4 is 14.2 Å². The summed E-state index contributed by atoms with van der Waals surface area (Å²) < 4.78 is 18.5. The topological polar surface area (TPSA) is 101 Å². The van der Waals surface area contributed by atoms with Crippen molar-refractivity contribution in [2.45, 2.75) is 19.8 Å². The number of benzene rings is 1. The van der Waals surface area contributed by atoms with Crippen molar-refractivity contribution in [1.29, 1.82) is 0 Å². The third kappa shape index (κ3) is 3.38. The van der Waals surface area contributed by atoms with Gasteiger partial charge in [0.1, 0.15) is 12.1 Å². The smallest absolute Gasteiger partial charge is 0.228 e. The van der Waals surface area contributed by atoms with Crippen molar-refractivity contribution in [1.82, 2.24) is 24.6 Å². The molecule has 33 heavy (non-hydrogen) atoms. The van der Waals surface area contributed by atoms with Gasteiger partial charge in [-0.25, -0.2) is 14.5 Å². The molecule has 4 aromatic rings. The van der Waals surface area contributed by atoms with Crippen molar-refractivity contribution in [2.75, 3.05) is 14.2 Å². The van der Waals surface area contributed by atoms with Gasteiger partial charge in [-0.3, -0.25) is 9.78 Å². The molecule has 3 aromatic heterocycles. The van der Waals surface area contributed by atoms with Crippen LogP contribution in [0.3, 0.4) is 0 Å². The predicted octanol–water partition coefficient (Wildman–Crippen LogP) is 3.59. The molecule has 9 nitrogen and oxygen atoms in total. The van der Waals surface area contributed by atoms with Crippen LogP contribution in [-0.4, -0.2) is 44.6 Å². The maximum Gasteiger partial charge on any atom is 0.228 e. The van der Waals surface area contributed by atoms with Crippen LogP contribution in [0.15, 0.2) is 60.4 Å². The normalized spacial score (nSPS) is 15.2. The Morgan fingerprint density at radius 3 is 2.55 bits per heavy atom. The number of ether oxygens (including phenoxy) is 3. The second kappa shape index (κ2) is 8.01. The molecule has 0 amide bonds. The molecule has 1 aliphatic heterocycles. The van der Waals surface area contributed by atoms with Gasteiger partial charge >= 0.3 is 0 Å². The van der Waals surface area contributed by atoms with Crippen molar-refractivity contribution in [3.8, 4) is 28.8 Å². The summed E-state index contributed by atoms with van der Waals surface area (Å²) in [5.41, 5.74) is 3.38. The molecule has 0 radical (unpaired) electrons. The number of methoxy groups -OCH3 is 2. The largest absolute Gasteiger partial charge is 0.493 e. The zero-order valence-electron chi connectivity index (χ0n) is 18.6. The van der Waals surface area contributed by atoms with Crippen LogP contribution in [-0.2, 0) is 4.79 Å². The molecule has 1 atom stereocenters. The fraction of sp³-hybridized carbons (Fsp3) is 0.208. The van der Waals surface area contributed by atoms with Crippen LogP contribution in [0.5, 0.6) is 17.4 Å². The van der Waals surface area contributed by atoms with E-state index in [4.69, 9.17) is 19.2 Å². The van der Waals surface area contributed by atoms with E-state index in [9.17, 15) is 4.79 Å². The number of nitrogens with zero attached hydrogens (tertiary/aromatic N) is 5. The Labute approximate surface area is 189 Å². The van der Waals surface area contributed by atoms with E-state index in [-0.39, 0.29) is 5.78 Å². The Kier molecular flexibility index (Phi) is 5.01. The highest BCUT2D eigenvalue weighted by Gasteiger charge is 2.36. The van der Waals surface area contributed by atoms with Crippen molar-refractivity contribution in [3.05, 3.63) is 71.5 Å². The fourth-order valence-corrected chi connectivity index (χ4v) is 4.18. The summed E-state index contributed by atoms with van der Waals surface area (Å²) in [6.07, 6.45) is 4.93. The van der Waals surface area contributed by atoms with E-state index in [1.54, 1.807) is 44.4 Å². The number of pyridine rings is 1. The number of hydrogen-bond acceptors (Lipinski definition) is 8. The van der Waals surface area contributed by atoms with Gasteiger partial charge in [0, 0.05) is 23.5 Å². The standard InChI is InChI=1S/C24H21N5O4/c1-13(30)19-14(2)33-24-21(20(19)16-5-6-17(31-3)18(11-16)32-4)23-27-22(28-29(23)12-26-24)15-7-9-25-10-8-15/h5-12,20H,1-4H3. The molecular formula is C24H21N5O4. The molecule has 0 aliphatic carbocycles. The number of hydrogen-bond donors (Lipinski definition) is 0. The summed E-state index contributed by atoms with van der Waals surface area (Å²) in [5.74, 6) is 1.98. The first-order chi connectivity index (χ1) is 16.0. The lowest BCUT2D eigenvalue weighted by Crippen LogP contribution is -2.22. The van der Waals surface area contributed by atoms with Gasteiger partial charge in [0.15, 0.2) is 28.8 Å². The predicted molar refractivity (Wildman–Crippen MR) is 119 cm³/mol. The minimum Gasteiger partial charge on any atom is -0.493 e. The summed E-state index contributed by atoms with van der Waals surface area (Å²) in [7, 11) is 3.16. The summed E-state index contributed by atoms with van der Waals surface area (Å²) >= 11 is 0. The lowest BCUT2D eigenvalue weighted by molar-refractivity contribution is -0.114. The lowest BCUT2D eigenvalue weighted by atomic mass is 9.81. The van der Waals surface area contributed by atoms with E-state index in [0.29, 0.717) is 45.7 Å². The SMILES string of the molecule is COc1ccc(C2C(C(C)=O)=C(C)Oc3ncn4nc(-c5ccncc5)nc4c32)cc1OC. The Bertz CT molecular complexity index is 1410. The summed E-state index contributed by atoms with van der Waals surface area (Å²) in [6.45, 7) is 3.30. The summed E-state index contributed by atoms with van der Waals surface area (Å²) in [4.78, 5) is 26.1. The minimum absolute atomic E-state index is 0.103. The Morgan fingerprint density at radius 2 is 1.85 bits per heavy atom. The Balaban J connectivity index is 1.78. The number of rotatable bonds is 5. The van der Waals surface area contributed by atoms with Crippen LogP contribution in [0, 0.1) is 0 Å². The van der Waals surface area contributed by atoms with E-state index in [1.165, 1.54) is 6.92 Å². The molecule has 0 saturated heterocycles. The maximum atomic E-state index is 12.8. The monoisotopic (exact) mass is 443 g/mol. The first-order valence-corrected chi connectivity index (χ1v) is 10.3. The lowest BCUT2D eigenvalue weighted by Gasteiger charge is -2.28. The second-order valence-corrected chi connectivity index (χ2v) is 7.58. The molecule has 166 valence electrons. The van der Waals surface area contributed by atoms with Gasteiger partial charge in [0.2, 0.25) is 5.88 Å². The molecule has 5 rings (SSSR count). The third-order valence-electron chi connectivity index (χ3n) is 5.65. The van der Waals surface area contributed by atoms with Gasteiger partial charge < -0.3 is 14.2 Å². The number of carbonyl (C=O) groups is 1. The Morgan fingerprint density at radius 1 is 1.09 bits per heavy atom. The average molecular weight is 443 g/mol. The third-order valence-corrected chi connectivity index (χ3v) is 5.65. The van der Waals surface area contributed by atoms with Gasteiger partial charge in [-0.15, -0.1) is 5.10 Å². The number of allylic oxidation sites excluding steroid dienone is 2. The molecule has 1 unspecified atom stereocenters. The quantitative estimate of drug-likeness (QED) is 0.461. The van der Waals surface area contributed by atoms with Gasteiger partial charge in [-0.05, 0) is 43.7 Å². The molecule has 9 heteroatoms. The van der Waals surface area contributed by atoms with Crippen LogP contribution in [0.4, 0.5) is 0 Å².